The third-order valence-corrected chi connectivity index (χ3v) is 3.39. The number of anilines is 1. The van der Waals surface area contributed by atoms with Gasteiger partial charge in [0.1, 0.15) is 5.76 Å². The summed E-state index contributed by atoms with van der Waals surface area (Å²) in [5, 5.41) is 18.8. The molecule has 0 spiro atoms. The summed E-state index contributed by atoms with van der Waals surface area (Å²) < 4.78 is 6.81. The molecule has 0 atom stereocenters. The van der Waals surface area contributed by atoms with Gasteiger partial charge >= 0.3 is 0 Å². The molecule has 0 amide bonds. The number of aromatic nitrogens is 5. The SMILES string of the molecule is Cc1noc(C)c1CNc1cccc(-c2nnnn2C)c1. The molecular formula is C14H16N6O. The number of nitrogens with zero attached hydrogens (tertiary/aromatic N) is 5. The number of aryl methyl sites for hydroxylation is 3. The van der Waals surface area contributed by atoms with Crippen LogP contribution in [0.5, 0.6) is 0 Å². The molecule has 1 N–H and O–H groups in total. The Labute approximate surface area is 122 Å². The number of rotatable bonds is 4. The molecule has 0 aliphatic carbocycles. The van der Waals surface area contributed by atoms with E-state index in [4.69, 9.17) is 4.52 Å². The molecule has 3 aromatic rings. The molecule has 108 valence electrons. The van der Waals surface area contributed by atoms with E-state index in [0.717, 1.165) is 34.1 Å². The van der Waals surface area contributed by atoms with Crippen LogP contribution >= 0.6 is 0 Å². The lowest BCUT2D eigenvalue weighted by Crippen LogP contribution is -2.02. The Balaban J connectivity index is 1.80. The van der Waals surface area contributed by atoms with Crippen LogP contribution in [0.1, 0.15) is 17.0 Å². The van der Waals surface area contributed by atoms with Crippen molar-refractivity contribution in [2.24, 2.45) is 7.05 Å². The largest absolute Gasteiger partial charge is 0.381 e. The molecule has 0 saturated heterocycles. The fourth-order valence-electron chi connectivity index (χ4n) is 2.19. The van der Waals surface area contributed by atoms with E-state index in [0.29, 0.717) is 6.54 Å². The van der Waals surface area contributed by atoms with Crippen LogP contribution in [0.2, 0.25) is 0 Å². The number of hydrogen-bond acceptors (Lipinski definition) is 6. The third kappa shape index (κ3) is 2.62. The molecule has 0 bridgehead atoms. The number of tetrazole rings is 1. The number of hydrogen-bond donors (Lipinski definition) is 1. The van der Waals surface area contributed by atoms with Crippen LogP contribution in [0.3, 0.4) is 0 Å². The zero-order chi connectivity index (χ0) is 14.8. The van der Waals surface area contributed by atoms with Gasteiger partial charge in [-0.05, 0) is 36.4 Å². The highest BCUT2D eigenvalue weighted by Gasteiger charge is 2.09. The highest BCUT2D eigenvalue weighted by molar-refractivity contribution is 5.62. The summed E-state index contributed by atoms with van der Waals surface area (Å²) in [7, 11) is 1.82. The van der Waals surface area contributed by atoms with Gasteiger partial charge in [0, 0.05) is 30.4 Å². The lowest BCUT2D eigenvalue weighted by atomic mass is 10.1. The van der Waals surface area contributed by atoms with Gasteiger partial charge in [-0.15, -0.1) is 5.10 Å². The summed E-state index contributed by atoms with van der Waals surface area (Å²) in [4.78, 5) is 0. The predicted octanol–water partition coefficient (Wildman–Crippen LogP) is 2.09. The van der Waals surface area contributed by atoms with Gasteiger partial charge in [-0.3, -0.25) is 0 Å². The van der Waals surface area contributed by atoms with Gasteiger partial charge in [0.05, 0.1) is 5.69 Å². The van der Waals surface area contributed by atoms with Crippen molar-refractivity contribution in [2.45, 2.75) is 20.4 Å². The van der Waals surface area contributed by atoms with Crippen LogP contribution in [0.25, 0.3) is 11.4 Å². The highest BCUT2D eigenvalue weighted by atomic mass is 16.5. The average molecular weight is 284 g/mol. The normalized spacial score (nSPS) is 10.8. The van der Waals surface area contributed by atoms with Gasteiger partial charge in [-0.25, -0.2) is 4.68 Å². The predicted molar refractivity (Wildman–Crippen MR) is 77.5 cm³/mol. The third-order valence-electron chi connectivity index (χ3n) is 3.39. The van der Waals surface area contributed by atoms with Gasteiger partial charge in [0.2, 0.25) is 0 Å². The first-order valence-electron chi connectivity index (χ1n) is 6.63. The summed E-state index contributed by atoms with van der Waals surface area (Å²) in [6.45, 7) is 4.52. The van der Waals surface area contributed by atoms with E-state index < -0.39 is 0 Å². The van der Waals surface area contributed by atoms with E-state index in [-0.39, 0.29) is 0 Å². The van der Waals surface area contributed by atoms with Crippen LogP contribution in [-0.4, -0.2) is 25.4 Å². The van der Waals surface area contributed by atoms with E-state index in [2.05, 4.69) is 26.0 Å². The Bertz CT molecular complexity index is 741. The van der Waals surface area contributed by atoms with Crippen LogP contribution in [0.15, 0.2) is 28.8 Å². The molecule has 0 saturated carbocycles. The molecule has 0 radical (unpaired) electrons. The highest BCUT2D eigenvalue weighted by Crippen LogP contribution is 2.21. The Morgan fingerprint density at radius 1 is 1.29 bits per heavy atom. The molecule has 0 unspecified atom stereocenters. The maximum atomic E-state index is 5.16. The van der Waals surface area contributed by atoms with Crippen LogP contribution in [0.4, 0.5) is 5.69 Å². The number of nitrogens with one attached hydrogen (secondary N) is 1. The molecule has 3 rings (SSSR count). The van der Waals surface area contributed by atoms with Gasteiger partial charge in [0.25, 0.3) is 0 Å². The molecule has 2 heterocycles. The second kappa shape index (κ2) is 5.35. The zero-order valence-electron chi connectivity index (χ0n) is 12.2. The van der Waals surface area contributed by atoms with E-state index in [1.165, 1.54) is 0 Å². The van der Waals surface area contributed by atoms with Crippen molar-refractivity contribution in [3.05, 3.63) is 41.3 Å². The van der Waals surface area contributed by atoms with E-state index >= 15 is 0 Å². The fraction of sp³-hybridized carbons (Fsp3) is 0.286. The standard InChI is InChI=1S/C14H16N6O/c1-9-13(10(2)21-17-9)8-15-12-6-4-5-11(7-12)14-16-18-19-20(14)3/h4-7,15H,8H2,1-3H3. The second-order valence-corrected chi connectivity index (χ2v) is 4.86. The minimum atomic E-state index is 0.668. The smallest absolute Gasteiger partial charge is 0.181 e. The zero-order valence-corrected chi connectivity index (χ0v) is 12.2. The maximum Gasteiger partial charge on any atom is 0.181 e. The summed E-state index contributed by atoms with van der Waals surface area (Å²) in [5.41, 5.74) is 3.95. The summed E-state index contributed by atoms with van der Waals surface area (Å²) in [5.74, 6) is 1.57. The summed E-state index contributed by atoms with van der Waals surface area (Å²) in [6.07, 6.45) is 0. The molecule has 21 heavy (non-hydrogen) atoms. The molecular weight excluding hydrogens is 268 g/mol. The van der Waals surface area contributed by atoms with E-state index in [1.807, 2.05) is 45.2 Å². The van der Waals surface area contributed by atoms with Gasteiger partial charge in [-0.1, -0.05) is 17.3 Å². The summed E-state index contributed by atoms with van der Waals surface area (Å²) in [6, 6.07) is 7.97. The second-order valence-electron chi connectivity index (χ2n) is 4.86. The topological polar surface area (TPSA) is 81.7 Å². The first-order chi connectivity index (χ1) is 10.1. The van der Waals surface area contributed by atoms with Crippen molar-refractivity contribution in [3.63, 3.8) is 0 Å². The van der Waals surface area contributed by atoms with Crippen LogP contribution in [0, 0.1) is 13.8 Å². The van der Waals surface area contributed by atoms with Gasteiger partial charge < -0.3 is 9.84 Å². The molecule has 0 aliphatic rings. The van der Waals surface area contributed by atoms with Crippen LogP contribution < -0.4 is 5.32 Å². The molecule has 7 nitrogen and oxygen atoms in total. The van der Waals surface area contributed by atoms with Crippen molar-refractivity contribution in [2.75, 3.05) is 5.32 Å². The lowest BCUT2D eigenvalue weighted by molar-refractivity contribution is 0.392. The van der Waals surface area contributed by atoms with Gasteiger partial charge in [0.15, 0.2) is 5.82 Å². The van der Waals surface area contributed by atoms with Crippen molar-refractivity contribution >= 4 is 5.69 Å². The quantitative estimate of drug-likeness (QED) is 0.790. The summed E-state index contributed by atoms with van der Waals surface area (Å²) >= 11 is 0. The lowest BCUT2D eigenvalue weighted by Gasteiger charge is -2.07. The number of benzene rings is 1. The first-order valence-corrected chi connectivity index (χ1v) is 6.63. The van der Waals surface area contributed by atoms with Crippen molar-refractivity contribution in [1.82, 2.24) is 25.4 Å². The molecule has 1 aromatic carbocycles. The molecule has 2 aromatic heterocycles. The van der Waals surface area contributed by atoms with Crippen molar-refractivity contribution < 1.29 is 4.52 Å². The molecule has 0 aliphatic heterocycles. The monoisotopic (exact) mass is 284 g/mol. The van der Waals surface area contributed by atoms with E-state index in [1.54, 1.807) is 4.68 Å². The van der Waals surface area contributed by atoms with E-state index in [9.17, 15) is 0 Å². The average Bonchev–Trinajstić information content (AvgIpc) is 3.04. The Morgan fingerprint density at radius 2 is 2.14 bits per heavy atom. The first kappa shape index (κ1) is 13.3. The van der Waals surface area contributed by atoms with Crippen LogP contribution in [-0.2, 0) is 13.6 Å². The minimum Gasteiger partial charge on any atom is -0.381 e. The van der Waals surface area contributed by atoms with Crippen molar-refractivity contribution in [3.8, 4) is 11.4 Å². The Morgan fingerprint density at radius 3 is 2.81 bits per heavy atom. The minimum absolute atomic E-state index is 0.668. The Hall–Kier alpha value is -2.70. The van der Waals surface area contributed by atoms with Gasteiger partial charge in [-0.2, -0.15) is 0 Å². The Kier molecular flexibility index (Phi) is 3.39. The maximum absolute atomic E-state index is 5.16. The molecule has 0 fully saturated rings. The van der Waals surface area contributed by atoms with Crippen molar-refractivity contribution in [1.29, 1.82) is 0 Å². The molecule has 7 heteroatoms. The fourth-order valence-corrected chi connectivity index (χ4v) is 2.19.